The zero-order valence-electron chi connectivity index (χ0n) is 16.6. The number of para-hydroxylation sites is 2. The molecular formula is C21H24N6O3. The topological polar surface area (TPSA) is 96.1 Å². The van der Waals surface area contributed by atoms with Crippen molar-refractivity contribution in [2.45, 2.75) is 49.9 Å². The Labute approximate surface area is 174 Å². The van der Waals surface area contributed by atoms with E-state index in [1.165, 1.54) is 0 Å². The van der Waals surface area contributed by atoms with Crippen molar-refractivity contribution in [2.75, 3.05) is 29.5 Å². The summed E-state index contributed by atoms with van der Waals surface area (Å²) >= 11 is 0. The molecule has 6 rings (SSSR count). The number of nitrogens with zero attached hydrogens (tertiary/aromatic N) is 5. The van der Waals surface area contributed by atoms with Gasteiger partial charge in [-0.05, 0) is 44.4 Å². The Morgan fingerprint density at radius 1 is 1.17 bits per heavy atom. The highest BCUT2D eigenvalue weighted by Gasteiger charge is 2.48. The molecule has 2 fully saturated rings. The molecule has 4 atom stereocenters. The molecule has 9 nitrogen and oxygen atoms in total. The minimum atomic E-state index is -0.522. The van der Waals surface area contributed by atoms with E-state index in [4.69, 9.17) is 9.26 Å². The summed E-state index contributed by atoms with van der Waals surface area (Å²) < 4.78 is 11.4. The average Bonchev–Trinajstić information content (AvgIpc) is 3.55. The fourth-order valence-electron chi connectivity index (χ4n) is 4.90. The van der Waals surface area contributed by atoms with Crippen LogP contribution in [0.3, 0.4) is 0 Å². The quantitative estimate of drug-likeness (QED) is 0.826. The number of aromatic nitrogens is 2. The van der Waals surface area contributed by atoms with Gasteiger partial charge >= 0.3 is 0 Å². The summed E-state index contributed by atoms with van der Waals surface area (Å²) in [6.45, 7) is 2.27. The van der Waals surface area contributed by atoms with Crippen molar-refractivity contribution in [1.29, 1.82) is 0 Å². The summed E-state index contributed by atoms with van der Waals surface area (Å²) in [7, 11) is 0. The van der Waals surface area contributed by atoms with Crippen molar-refractivity contribution in [1.82, 2.24) is 15.5 Å². The van der Waals surface area contributed by atoms with E-state index >= 15 is 0 Å². The van der Waals surface area contributed by atoms with Crippen LogP contribution in [-0.4, -0.2) is 54.2 Å². The summed E-state index contributed by atoms with van der Waals surface area (Å²) in [4.78, 5) is 26.7. The predicted octanol–water partition coefficient (Wildman–Crippen LogP) is 1.98. The molecule has 4 unspecified atom stereocenters. The first-order valence-electron chi connectivity index (χ1n) is 10.7. The monoisotopic (exact) mass is 408 g/mol. The average molecular weight is 408 g/mol. The van der Waals surface area contributed by atoms with Gasteiger partial charge < -0.3 is 24.4 Å². The van der Waals surface area contributed by atoms with Crippen LogP contribution in [0.2, 0.25) is 0 Å². The molecule has 0 saturated carbocycles. The Morgan fingerprint density at radius 3 is 2.87 bits per heavy atom. The van der Waals surface area contributed by atoms with Crippen LogP contribution in [0, 0.1) is 0 Å². The lowest BCUT2D eigenvalue weighted by molar-refractivity contribution is -0.120. The zero-order valence-corrected chi connectivity index (χ0v) is 16.6. The first kappa shape index (κ1) is 18.0. The standard InChI is InChI=1S/C21H24N6O3/c28-21-18-17(20-24-19(25-30-20)14-6-3-9-22-14)23-12-27(18)16-8-2-1-7-15(16)26(21)11-13-5-4-10-29-13/h1-2,7-8,12-14,17-18,22H,3-6,9-11H2. The lowest BCUT2D eigenvalue weighted by atomic mass is 10.0. The number of rotatable bonds is 4. The summed E-state index contributed by atoms with van der Waals surface area (Å²) in [6, 6.07) is 7.02. The fraction of sp³-hybridized carbons (Fsp3) is 0.524. The van der Waals surface area contributed by atoms with E-state index in [9.17, 15) is 4.79 Å². The van der Waals surface area contributed by atoms with Crippen LogP contribution in [0.25, 0.3) is 0 Å². The van der Waals surface area contributed by atoms with E-state index in [-0.39, 0.29) is 18.1 Å². The molecule has 0 spiro atoms. The molecule has 0 bridgehead atoms. The van der Waals surface area contributed by atoms with Crippen molar-refractivity contribution in [3.05, 3.63) is 36.0 Å². The van der Waals surface area contributed by atoms with Crippen LogP contribution in [0.1, 0.15) is 49.5 Å². The van der Waals surface area contributed by atoms with Crippen molar-refractivity contribution in [2.24, 2.45) is 4.99 Å². The van der Waals surface area contributed by atoms with Crippen LogP contribution < -0.4 is 15.1 Å². The zero-order chi connectivity index (χ0) is 20.1. The first-order chi connectivity index (χ1) is 14.8. The molecule has 1 amide bonds. The van der Waals surface area contributed by atoms with Crippen LogP contribution in [0.5, 0.6) is 0 Å². The molecule has 9 heteroatoms. The molecule has 1 aromatic carbocycles. The molecule has 2 saturated heterocycles. The van der Waals surface area contributed by atoms with Gasteiger partial charge in [0.1, 0.15) is 6.04 Å². The highest BCUT2D eigenvalue weighted by atomic mass is 16.5. The Bertz CT molecular complexity index is 979. The number of anilines is 2. The normalized spacial score (nSPS) is 30.2. The molecule has 156 valence electrons. The number of aliphatic imine (C=N–C) groups is 1. The molecule has 0 radical (unpaired) electrons. The van der Waals surface area contributed by atoms with Crippen molar-refractivity contribution < 1.29 is 14.1 Å². The number of amides is 1. The van der Waals surface area contributed by atoms with E-state index in [1.807, 2.05) is 34.1 Å². The molecule has 1 N–H and O–H groups in total. The summed E-state index contributed by atoms with van der Waals surface area (Å²) in [5.41, 5.74) is 1.85. The molecular weight excluding hydrogens is 384 g/mol. The SMILES string of the molecule is O=C1C2C(c3nc(C4CCCN4)no3)N=CN2c2ccccc2N1CC1CCCO1. The van der Waals surface area contributed by atoms with Gasteiger partial charge in [0, 0.05) is 6.61 Å². The Hall–Kier alpha value is -2.78. The number of hydrogen-bond acceptors (Lipinski definition) is 8. The van der Waals surface area contributed by atoms with Gasteiger partial charge in [-0.25, -0.2) is 0 Å². The first-order valence-corrected chi connectivity index (χ1v) is 10.7. The number of carbonyl (C=O) groups excluding carboxylic acids is 1. The van der Waals surface area contributed by atoms with Gasteiger partial charge in [-0.1, -0.05) is 17.3 Å². The molecule has 5 heterocycles. The second-order valence-electron chi connectivity index (χ2n) is 8.27. The van der Waals surface area contributed by atoms with Crippen LogP contribution in [-0.2, 0) is 9.53 Å². The number of benzene rings is 1. The van der Waals surface area contributed by atoms with E-state index in [0.717, 1.165) is 50.2 Å². The Morgan fingerprint density at radius 2 is 2.07 bits per heavy atom. The van der Waals surface area contributed by atoms with Gasteiger partial charge in [-0.3, -0.25) is 9.79 Å². The molecule has 4 aliphatic rings. The second-order valence-corrected chi connectivity index (χ2v) is 8.27. The third-order valence-corrected chi connectivity index (χ3v) is 6.41. The Kier molecular flexibility index (Phi) is 4.31. The van der Waals surface area contributed by atoms with Gasteiger partial charge in [0.05, 0.1) is 36.4 Å². The van der Waals surface area contributed by atoms with E-state index in [1.54, 1.807) is 6.34 Å². The van der Waals surface area contributed by atoms with Crippen LogP contribution in [0.15, 0.2) is 33.8 Å². The summed E-state index contributed by atoms with van der Waals surface area (Å²) in [6.07, 6.45) is 5.90. The lowest BCUT2D eigenvalue weighted by Gasteiger charge is -2.39. The summed E-state index contributed by atoms with van der Waals surface area (Å²) in [5.74, 6) is 1.04. The van der Waals surface area contributed by atoms with E-state index in [0.29, 0.717) is 18.3 Å². The van der Waals surface area contributed by atoms with Crippen LogP contribution >= 0.6 is 0 Å². The van der Waals surface area contributed by atoms with Crippen molar-refractivity contribution in [3.63, 3.8) is 0 Å². The predicted molar refractivity (Wildman–Crippen MR) is 110 cm³/mol. The van der Waals surface area contributed by atoms with E-state index < -0.39 is 12.1 Å². The number of hydrogen-bond donors (Lipinski definition) is 1. The third kappa shape index (κ3) is 2.84. The summed E-state index contributed by atoms with van der Waals surface area (Å²) in [5, 5.41) is 7.55. The van der Waals surface area contributed by atoms with Crippen molar-refractivity contribution in [3.8, 4) is 0 Å². The molecule has 0 aliphatic carbocycles. The number of nitrogens with one attached hydrogen (secondary N) is 1. The maximum Gasteiger partial charge on any atom is 0.254 e. The van der Waals surface area contributed by atoms with Gasteiger partial charge in [-0.2, -0.15) is 4.98 Å². The maximum absolute atomic E-state index is 13.7. The molecule has 1 aromatic heterocycles. The van der Waals surface area contributed by atoms with E-state index in [2.05, 4.69) is 20.4 Å². The smallest absolute Gasteiger partial charge is 0.254 e. The highest BCUT2D eigenvalue weighted by Crippen LogP contribution is 2.42. The fourth-order valence-corrected chi connectivity index (χ4v) is 4.90. The highest BCUT2D eigenvalue weighted by molar-refractivity contribution is 6.11. The minimum absolute atomic E-state index is 0.00885. The minimum Gasteiger partial charge on any atom is -0.376 e. The van der Waals surface area contributed by atoms with Crippen molar-refractivity contribution >= 4 is 23.6 Å². The largest absolute Gasteiger partial charge is 0.376 e. The lowest BCUT2D eigenvalue weighted by Crippen LogP contribution is -2.54. The molecule has 4 aliphatic heterocycles. The number of fused-ring (bicyclic) bond motifs is 3. The second kappa shape index (κ2) is 7.17. The van der Waals surface area contributed by atoms with Gasteiger partial charge in [0.2, 0.25) is 0 Å². The van der Waals surface area contributed by atoms with Gasteiger partial charge in [-0.15, -0.1) is 0 Å². The van der Waals surface area contributed by atoms with Gasteiger partial charge in [0.25, 0.3) is 11.8 Å². The number of carbonyl (C=O) groups is 1. The number of ether oxygens (including phenoxy) is 1. The van der Waals surface area contributed by atoms with Gasteiger partial charge in [0.15, 0.2) is 11.9 Å². The Balaban J connectivity index is 1.33. The third-order valence-electron chi connectivity index (χ3n) is 6.41. The maximum atomic E-state index is 13.7. The van der Waals surface area contributed by atoms with Crippen LogP contribution in [0.4, 0.5) is 11.4 Å². The molecule has 30 heavy (non-hydrogen) atoms. The molecule has 2 aromatic rings.